The highest BCUT2D eigenvalue weighted by Gasteiger charge is 2.36. The second-order valence-electron chi connectivity index (χ2n) is 7.01. The molecular formula is C17H32N4. The van der Waals surface area contributed by atoms with E-state index >= 15 is 0 Å². The number of rotatable bonds is 6. The number of hydrogen-bond donors (Lipinski definition) is 1. The van der Waals surface area contributed by atoms with Crippen LogP contribution >= 0.6 is 0 Å². The Kier molecular flexibility index (Phi) is 5.44. The second kappa shape index (κ2) is 6.93. The van der Waals surface area contributed by atoms with E-state index in [1.807, 2.05) is 0 Å². The van der Waals surface area contributed by atoms with Crippen molar-refractivity contribution in [1.82, 2.24) is 14.7 Å². The Morgan fingerprint density at radius 2 is 2.14 bits per heavy atom. The summed E-state index contributed by atoms with van der Waals surface area (Å²) in [5, 5.41) is 4.73. The predicted octanol–water partition coefficient (Wildman–Crippen LogP) is 3.19. The van der Waals surface area contributed by atoms with Crippen molar-refractivity contribution >= 4 is 0 Å². The minimum atomic E-state index is 0.173. The summed E-state index contributed by atoms with van der Waals surface area (Å²) in [6.07, 6.45) is 8.24. The van der Waals surface area contributed by atoms with Crippen molar-refractivity contribution in [3.63, 3.8) is 0 Å². The molecule has 2 N–H and O–H groups in total. The molecule has 4 nitrogen and oxygen atoms in total. The van der Waals surface area contributed by atoms with Gasteiger partial charge in [-0.3, -0.25) is 9.58 Å². The maximum absolute atomic E-state index is 6.15. The van der Waals surface area contributed by atoms with Crippen molar-refractivity contribution in [2.75, 3.05) is 13.6 Å². The van der Waals surface area contributed by atoms with Gasteiger partial charge in [-0.1, -0.05) is 13.8 Å². The molecule has 1 unspecified atom stereocenters. The summed E-state index contributed by atoms with van der Waals surface area (Å²) in [6, 6.07) is 2.63. The first-order valence-corrected chi connectivity index (χ1v) is 8.46. The summed E-state index contributed by atoms with van der Waals surface area (Å²) >= 11 is 0. The van der Waals surface area contributed by atoms with Gasteiger partial charge in [-0.2, -0.15) is 5.10 Å². The summed E-state index contributed by atoms with van der Waals surface area (Å²) in [4.78, 5) is 2.45. The summed E-state index contributed by atoms with van der Waals surface area (Å²) in [7, 11) is 2.21. The van der Waals surface area contributed by atoms with Gasteiger partial charge >= 0.3 is 0 Å². The van der Waals surface area contributed by atoms with Gasteiger partial charge in [0.15, 0.2) is 0 Å². The molecule has 0 amide bonds. The molecule has 1 saturated carbocycles. The molecule has 120 valence electrons. The summed E-state index contributed by atoms with van der Waals surface area (Å²) in [5.41, 5.74) is 7.48. The van der Waals surface area contributed by atoms with E-state index in [0.29, 0.717) is 6.04 Å². The Labute approximate surface area is 129 Å². The largest absolute Gasteiger partial charge is 0.329 e. The lowest BCUT2D eigenvalue weighted by Crippen LogP contribution is -2.53. The highest BCUT2D eigenvalue weighted by molar-refractivity contribution is 5.03. The first kappa shape index (κ1) is 16.5. The van der Waals surface area contributed by atoms with Gasteiger partial charge in [-0.15, -0.1) is 0 Å². The Bertz CT molecular complexity index is 432. The van der Waals surface area contributed by atoms with Crippen LogP contribution in [0.5, 0.6) is 0 Å². The van der Waals surface area contributed by atoms with E-state index in [2.05, 4.69) is 49.7 Å². The molecule has 1 fully saturated rings. The van der Waals surface area contributed by atoms with Crippen molar-refractivity contribution in [3.05, 3.63) is 18.0 Å². The minimum Gasteiger partial charge on any atom is -0.329 e. The molecule has 0 aromatic carbocycles. The molecular weight excluding hydrogens is 260 g/mol. The Balaban J connectivity index is 2.02. The first-order chi connectivity index (χ1) is 10.0. The lowest BCUT2D eigenvalue weighted by Gasteiger charge is -2.45. The third kappa shape index (κ3) is 3.67. The summed E-state index contributed by atoms with van der Waals surface area (Å²) in [5.74, 6) is 0.850. The average molecular weight is 292 g/mol. The normalized spacial score (nSPS) is 28.0. The van der Waals surface area contributed by atoms with Crippen LogP contribution in [0.3, 0.4) is 0 Å². The van der Waals surface area contributed by atoms with E-state index in [1.165, 1.54) is 25.7 Å². The van der Waals surface area contributed by atoms with Crippen LogP contribution in [0, 0.1) is 5.92 Å². The fourth-order valence-corrected chi connectivity index (χ4v) is 3.35. The van der Waals surface area contributed by atoms with Crippen molar-refractivity contribution in [1.29, 1.82) is 0 Å². The zero-order valence-corrected chi connectivity index (χ0v) is 14.2. The molecule has 0 aliphatic heterocycles. The van der Waals surface area contributed by atoms with Crippen LogP contribution in [0.2, 0.25) is 0 Å². The number of hydrogen-bond acceptors (Lipinski definition) is 3. The third-order valence-corrected chi connectivity index (χ3v) is 5.50. The molecule has 0 bridgehead atoms. The summed E-state index contributed by atoms with van der Waals surface area (Å²) in [6.45, 7) is 8.42. The highest BCUT2D eigenvalue weighted by Crippen LogP contribution is 2.35. The van der Waals surface area contributed by atoms with Gasteiger partial charge in [0.25, 0.3) is 0 Å². The van der Waals surface area contributed by atoms with Crippen LogP contribution in [0.1, 0.15) is 64.6 Å². The van der Waals surface area contributed by atoms with Gasteiger partial charge in [0.1, 0.15) is 0 Å². The van der Waals surface area contributed by atoms with E-state index < -0.39 is 0 Å². The topological polar surface area (TPSA) is 47.1 Å². The molecule has 1 aromatic rings. The molecule has 1 atom stereocenters. The van der Waals surface area contributed by atoms with Gasteiger partial charge < -0.3 is 5.73 Å². The van der Waals surface area contributed by atoms with Crippen molar-refractivity contribution in [3.8, 4) is 0 Å². The highest BCUT2D eigenvalue weighted by atomic mass is 15.3. The van der Waals surface area contributed by atoms with E-state index in [9.17, 15) is 0 Å². The van der Waals surface area contributed by atoms with E-state index in [-0.39, 0.29) is 5.54 Å². The number of aromatic nitrogens is 2. The molecule has 0 spiro atoms. The van der Waals surface area contributed by atoms with Gasteiger partial charge in [0.2, 0.25) is 0 Å². The minimum absolute atomic E-state index is 0.173. The van der Waals surface area contributed by atoms with Gasteiger partial charge in [0, 0.05) is 30.9 Å². The standard InChI is InChI=1S/C17H32N4/c1-5-15(3)21-11-8-16(19-21)12-20(4)17(13-18)9-6-14(2)7-10-17/h8,11,14-15H,5-7,9-10,12-13,18H2,1-4H3. The quantitative estimate of drug-likeness (QED) is 0.876. The Morgan fingerprint density at radius 1 is 1.48 bits per heavy atom. The second-order valence-corrected chi connectivity index (χ2v) is 7.01. The number of likely N-dealkylation sites (N-methyl/N-ethyl adjacent to an activating group) is 1. The lowest BCUT2D eigenvalue weighted by molar-refractivity contribution is 0.0604. The molecule has 4 heteroatoms. The lowest BCUT2D eigenvalue weighted by atomic mass is 9.76. The van der Waals surface area contributed by atoms with Gasteiger partial charge in [-0.25, -0.2) is 0 Å². The van der Waals surface area contributed by atoms with Crippen molar-refractivity contribution in [2.24, 2.45) is 11.7 Å². The smallest absolute Gasteiger partial charge is 0.0764 e. The van der Waals surface area contributed by atoms with Crippen LogP contribution in [-0.2, 0) is 6.54 Å². The zero-order chi connectivity index (χ0) is 15.5. The fourth-order valence-electron chi connectivity index (χ4n) is 3.35. The average Bonchev–Trinajstić information content (AvgIpc) is 2.96. The summed E-state index contributed by atoms with van der Waals surface area (Å²) < 4.78 is 2.08. The van der Waals surface area contributed by atoms with E-state index in [1.54, 1.807) is 0 Å². The molecule has 1 heterocycles. The predicted molar refractivity (Wildman–Crippen MR) is 88.1 cm³/mol. The molecule has 2 rings (SSSR count). The first-order valence-electron chi connectivity index (χ1n) is 8.46. The maximum atomic E-state index is 6.15. The molecule has 0 saturated heterocycles. The SMILES string of the molecule is CCC(C)n1ccc(CN(C)C2(CN)CCC(C)CC2)n1. The van der Waals surface area contributed by atoms with Crippen LogP contribution in [0.4, 0.5) is 0 Å². The molecule has 1 aliphatic carbocycles. The molecule has 0 radical (unpaired) electrons. The monoisotopic (exact) mass is 292 g/mol. The fraction of sp³-hybridized carbons (Fsp3) is 0.824. The maximum Gasteiger partial charge on any atom is 0.0764 e. The van der Waals surface area contributed by atoms with Gasteiger partial charge in [0.05, 0.1) is 5.69 Å². The molecule has 21 heavy (non-hydrogen) atoms. The third-order valence-electron chi connectivity index (χ3n) is 5.50. The van der Waals surface area contributed by atoms with Gasteiger partial charge in [-0.05, 0) is 58.1 Å². The van der Waals surface area contributed by atoms with E-state index in [4.69, 9.17) is 10.8 Å². The zero-order valence-electron chi connectivity index (χ0n) is 14.2. The molecule has 1 aromatic heterocycles. The Hall–Kier alpha value is -0.870. The Morgan fingerprint density at radius 3 is 2.71 bits per heavy atom. The van der Waals surface area contributed by atoms with Crippen molar-refractivity contribution < 1.29 is 0 Å². The van der Waals surface area contributed by atoms with Crippen LogP contribution in [-0.4, -0.2) is 33.8 Å². The van der Waals surface area contributed by atoms with Crippen LogP contribution in [0.25, 0.3) is 0 Å². The van der Waals surface area contributed by atoms with Crippen molar-refractivity contribution in [2.45, 2.75) is 71.0 Å². The van der Waals surface area contributed by atoms with Crippen LogP contribution in [0.15, 0.2) is 12.3 Å². The van der Waals surface area contributed by atoms with E-state index in [0.717, 1.165) is 31.1 Å². The molecule has 1 aliphatic rings. The number of nitrogens with two attached hydrogens (primary N) is 1. The van der Waals surface area contributed by atoms with Crippen LogP contribution < -0.4 is 5.73 Å². The number of nitrogens with zero attached hydrogens (tertiary/aromatic N) is 3.